The number of anilines is 2. The number of hydrogen-bond donors (Lipinski definition) is 2. The molecular weight excluding hydrogens is 252 g/mol. The van der Waals surface area contributed by atoms with E-state index in [4.69, 9.17) is 4.74 Å². The van der Waals surface area contributed by atoms with Crippen molar-refractivity contribution < 1.29 is 4.74 Å². The van der Waals surface area contributed by atoms with Gasteiger partial charge in [-0.1, -0.05) is 20.8 Å². The first-order valence-corrected chi connectivity index (χ1v) is 7.61. The number of hydrogen-bond acceptors (Lipinski definition) is 5. The van der Waals surface area contributed by atoms with Gasteiger partial charge in [-0.25, -0.2) is 9.97 Å². The van der Waals surface area contributed by atoms with Gasteiger partial charge in [0.05, 0.1) is 0 Å². The molecule has 0 aliphatic carbocycles. The lowest BCUT2D eigenvalue weighted by molar-refractivity contribution is 0.134. The molecule has 0 radical (unpaired) electrons. The van der Waals surface area contributed by atoms with Crippen LogP contribution in [0.3, 0.4) is 0 Å². The number of nitrogens with one attached hydrogen (secondary N) is 2. The zero-order valence-electron chi connectivity index (χ0n) is 13.2. The van der Waals surface area contributed by atoms with Gasteiger partial charge in [0, 0.05) is 38.3 Å². The predicted octanol–water partition coefficient (Wildman–Crippen LogP) is 3.26. The second kappa shape index (κ2) is 9.53. The van der Waals surface area contributed by atoms with Crippen LogP contribution in [0.15, 0.2) is 6.07 Å². The van der Waals surface area contributed by atoms with Crippen LogP contribution in [0.1, 0.15) is 52.3 Å². The molecule has 1 heterocycles. The Kier molecular flexibility index (Phi) is 7.95. The molecule has 2 N–H and O–H groups in total. The van der Waals surface area contributed by atoms with Crippen LogP contribution in [0.25, 0.3) is 0 Å². The minimum atomic E-state index is 0.321. The third-order valence-electron chi connectivity index (χ3n) is 2.74. The molecule has 20 heavy (non-hydrogen) atoms. The summed E-state index contributed by atoms with van der Waals surface area (Å²) >= 11 is 0. The Morgan fingerprint density at radius 2 is 1.80 bits per heavy atom. The first-order valence-electron chi connectivity index (χ1n) is 7.61. The minimum absolute atomic E-state index is 0.321. The smallest absolute Gasteiger partial charge is 0.135 e. The molecule has 0 unspecified atom stereocenters. The SMILES string of the molecule is CCCOCCCNc1cc(NCC)nc(C(C)C)n1. The van der Waals surface area contributed by atoms with Crippen molar-refractivity contribution in [2.24, 2.45) is 0 Å². The predicted molar refractivity (Wildman–Crippen MR) is 84.5 cm³/mol. The summed E-state index contributed by atoms with van der Waals surface area (Å²) in [5.41, 5.74) is 0. The maximum Gasteiger partial charge on any atom is 0.135 e. The van der Waals surface area contributed by atoms with E-state index in [0.717, 1.165) is 56.6 Å². The normalized spacial score (nSPS) is 10.8. The van der Waals surface area contributed by atoms with Gasteiger partial charge in [0.25, 0.3) is 0 Å². The van der Waals surface area contributed by atoms with E-state index >= 15 is 0 Å². The highest BCUT2D eigenvalue weighted by molar-refractivity contribution is 5.47. The largest absolute Gasteiger partial charge is 0.381 e. The van der Waals surface area contributed by atoms with E-state index in [0.29, 0.717) is 5.92 Å². The first-order chi connectivity index (χ1) is 9.67. The molecule has 1 aromatic rings. The van der Waals surface area contributed by atoms with Gasteiger partial charge in [0.1, 0.15) is 17.5 Å². The zero-order valence-corrected chi connectivity index (χ0v) is 13.2. The van der Waals surface area contributed by atoms with Gasteiger partial charge in [-0.2, -0.15) is 0 Å². The lowest BCUT2D eigenvalue weighted by Gasteiger charge is -2.12. The Bertz CT molecular complexity index is 382. The van der Waals surface area contributed by atoms with Gasteiger partial charge in [-0.3, -0.25) is 0 Å². The van der Waals surface area contributed by atoms with Crippen LogP contribution in [0.2, 0.25) is 0 Å². The highest BCUT2D eigenvalue weighted by atomic mass is 16.5. The summed E-state index contributed by atoms with van der Waals surface area (Å²) in [4.78, 5) is 9.05. The Morgan fingerprint density at radius 3 is 2.40 bits per heavy atom. The highest BCUT2D eigenvalue weighted by Gasteiger charge is 2.07. The van der Waals surface area contributed by atoms with E-state index in [-0.39, 0.29) is 0 Å². The van der Waals surface area contributed by atoms with Crippen molar-refractivity contribution in [2.45, 2.75) is 46.5 Å². The van der Waals surface area contributed by atoms with Crippen LogP contribution < -0.4 is 10.6 Å². The van der Waals surface area contributed by atoms with Crippen molar-refractivity contribution in [1.82, 2.24) is 9.97 Å². The summed E-state index contributed by atoms with van der Waals surface area (Å²) < 4.78 is 5.46. The van der Waals surface area contributed by atoms with E-state index in [1.165, 1.54) is 0 Å². The summed E-state index contributed by atoms with van der Waals surface area (Å²) in [7, 11) is 0. The van der Waals surface area contributed by atoms with Crippen molar-refractivity contribution in [3.63, 3.8) is 0 Å². The van der Waals surface area contributed by atoms with Crippen LogP contribution in [-0.2, 0) is 4.74 Å². The van der Waals surface area contributed by atoms with E-state index < -0.39 is 0 Å². The Morgan fingerprint density at radius 1 is 1.10 bits per heavy atom. The molecular formula is C15H28N4O. The van der Waals surface area contributed by atoms with Crippen molar-refractivity contribution in [2.75, 3.05) is 36.9 Å². The van der Waals surface area contributed by atoms with Crippen LogP contribution in [0.4, 0.5) is 11.6 Å². The lowest BCUT2D eigenvalue weighted by atomic mass is 10.2. The number of aromatic nitrogens is 2. The van der Waals surface area contributed by atoms with Crippen LogP contribution in [-0.4, -0.2) is 36.3 Å². The minimum Gasteiger partial charge on any atom is -0.381 e. The molecule has 0 fully saturated rings. The molecule has 5 heteroatoms. The topological polar surface area (TPSA) is 59.1 Å². The summed E-state index contributed by atoms with van der Waals surface area (Å²) in [6.07, 6.45) is 2.06. The van der Waals surface area contributed by atoms with Gasteiger partial charge >= 0.3 is 0 Å². The van der Waals surface area contributed by atoms with E-state index in [1.807, 2.05) is 6.07 Å². The van der Waals surface area contributed by atoms with Crippen molar-refractivity contribution >= 4 is 11.6 Å². The number of nitrogens with zero attached hydrogens (tertiary/aromatic N) is 2. The van der Waals surface area contributed by atoms with E-state index in [9.17, 15) is 0 Å². The average Bonchev–Trinajstić information content (AvgIpc) is 2.43. The molecule has 0 spiro atoms. The molecule has 1 rings (SSSR count). The highest BCUT2D eigenvalue weighted by Crippen LogP contribution is 2.16. The molecule has 5 nitrogen and oxygen atoms in total. The number of ether oxygens (including phenoxy) is 1. The fraction of sp³-hybridized carbons (Fsp3) is 0.733. The summed E-state index contributed by atoms with van der Waals surface area (Å²) in [6, 6.07) is 1.96. The lowest BCUT2D eigenvalue weighted by Crippen LogP contribution is -2.11. The van der Waals surface area contributed by atoms with Crippen molar-refractivity contribution in [3.8, 4) is 0 Å². The van der Waals surface area contributed by atoms with Gasteiger partial charge in [0.15, 0.2) is 0 Å². The van der Waals surface area contributed by atoms with Gasteiger partial charge in [-0.15, -0.1) is 0 Å². The molecule has 0 amide bonds. The first kappa shape index (κ1) is 16.7. The van der Waals surface area contributed by atoms with Gasteiger partial charge < -0.3 is 15.4 Å². The monoisotopic (exact) mass is 280 g/mol. The maximum absolute atomic E-state index is 5.46. The van der Waals surface area contributed by atoms with Crippen LogP contribution >= 0.6 is 0 Å². The molecule has 0 saturated heterocycles. The quantitative estimate of drug-likeness (QED) is 0.644. The number of rotatable bonds is 10. The molecule has 114 valence electrons. The summed E-state index contributed by atoms with van der Waals surface area (Å²) in [5.74, 6) is 2.96. The Hall–Kier alpha value is -1.36. The van der Waals surface area contributed by atoms with Crippen molar-refractivity contribution in [1.29, 1.82) is 0 Å². The Balaban J connectivity index is 2.50. The molecule has 0 aliphatic rings. The molecule has 0 bridgehead atoms. The third-order valence-corrected chi connectivity index (χ3v) is 2.74. The molecule has 0 aliphatic heterocycles. The molecule has 1 aromatic heterocycles. The van der Waals surface area contributed by atoms with E-state index in [1.54, 1.807) is 0 Å². The standard InChI is InChI=1S/C15H28N4O/c1-5-9-20-10-7-8-17-14-11-13(16-6-2)18-15(19-14)12(3)4/h11-12H,5-10H2,1-4H3,(H2,16,17,18,19). The fourth-order valence-electron chi connectivity index (χ4n) is 1.72. The van der Waals surface area contributed by atoms with Gasteiger partial charge in [0.2, 0.25) is 0 Å². The zero-order chi connectivity index (χ0) is 14.8. The van der Waals surface area contributed by atoms with Crippen molar-refractivity contribution in [3.05, 3.63) is 11.9 Å². The summed E-state index contributed by atoms with van der Waals surface area (Å²) in [5, 5.41) is 6.59. The molecule has 0 atom stereocenters. The van der Waals surface area contributed by atoms with Crippen LogP contribution in [0.5, 0.6) is 0 Å². The van der Waals surface area contributed by atoms with Crippen LogP contribution in [0, 0.1) is 0 Å². The second-order valence-electron chi connectivity index (χ2n) is 5.07. The summed E-state index contributed by atoms with van der Waals surface area (Å²) in [6.45, 7) is 11.8. The third kappa shape index (κ3) is 6.19. The second-order valence-corrected chi connectivity index (χ2v) is 5.07. The Labute approximate surface area is 122 Å². The molecule has 0 saturated carbocycles. The van der Waals surface area contributed by atoms with Gasteiger partial charge in [-0.05, 0) is 19.8 Å². The van der Waals surface area contributed by atoms with E-state index in [2.05, 4.69) is 48.3 Å². The fourth-order valence-corrected chi connectivity index (χ4v) is 1.72. The average molecular weight is 280 g/mol. The maximum atomic E-state index is 5.46. The molecule has 0 aromatic carbocycles.